The zero-order chi connectivity index (χ0) is 33.8. The third-order valence-corrected chi connectivity index (χ3v) is 8.65. The molecule has 0 bridgehead atoms. The van der Waals surface area contributed by atoms with Gasteiger partial charge >= 0.3 is 6.18 Å². The van der Waals surface area contributed by atoms with Crippen LogP contribution in [-0.2, 0) is 4.79 Å². The van der Waals surface area contributed by atoms with Crippen LogP contribution in [0, 0.1) is 11.7 Å². The highest BCUT2D eigenvalue weighted by molar-refractivity contribution is 5.95. The molecular formula is C34H35F4N7O3. The largest absolute Gasteiger partial charge is 0.495 e. The molecule has 1 atom stereocenters. The van der Waals surface area contributed by atoms with Crippen molar-refractivity contribution in [3.8, 4) is 17.2 Å². The lowest BCUT2D eigenvalue weighted by molar-refractivity contribution is -0.176. The van der Waals surface area contributed by atoms with E-state index in [1.54, 1.807) is 41.2 Å². The summed E-state index contributed by atoms with van der Waals surface area (Å²) < 4.78 is 66.9. The van der Waals surface area contributed by atoms with Gasteiger partial charge in [0, 0.05) is 62.0 Å². The Morgan fingerprint density at radius 2 is 1.79 bits per heavy atom. The summed E-state index contributed by atoms with van der Waals surface area (Å²) in [5.74, 6) is -0.246. The monoisotopic (exact) mass is 665 g/mol. The number of alkyl halides is 3. The van der Waals surface area contributed by atoms with Crippen LogP contribution in [0.3, 0.4) is 0 Å². The molecule has 2 N–H and O–H groups in total. The predicted molar refractivity (Wildman–Crippen MR) is 174 cm³/mol. The maximum atomic E-state index is 15.4. The second-order valence-corrected chi connectivity index (χ2v) is 11.8. The van der Waals surface area contributed by atoms with Crippen molar-refractivity contribution < 1.29 is 31.8 Å². The van der Waals surface area contributed by atoms with Crippen LogP contribution in [0.5, 0.6) is 17.2 Å². The molecule has 48 heavy (non-hydrogen) atoms. The number of hydrogen-bond donors (Lipinski definition) is 2. The van der Waals surface area contributed by atoms with Crippen molar-refractivity contribution in [2.75, 3.05) is 48.8 Å². The first kappa shape index (κ1) is 32.8. The molecule has 0 radical (unpaired) electrons. The van der Waals surface area contributed by atoms with Gasteiger partial charge in [-0.05, 0) is 56.0 Å². The van der Waals surface area contributed by atoms with Gasteiger partial charge in [-0.3, -0.25) is 4.79 Å². The molecule has 0 aliphatic carbocycles. The molecule has 2 saturated heterocycles. The van der Waals surface area contributed by atoms with Crippen molar-refractivity contribution in [2.24, 2.45) is 5.92 Å². The van der Waals surface area contributed by atoms with Gasteiger partial charge in [-0.25, -0.2) is 19.3 Å². The van der Waals surface area contributed by atoms with Gasteiger partial charge in [0.25, 0.3) is 0 Å². The summed E-state index contributed by atoms with van der Waals surface area (Å²) in [6.07, 6.45) is 1.87. The second-order valence-electron chi connectivity index (χ2n) is 11.8. The van der Waals surface area contributed by atoms with E-state index in [0.717, 1.165) is 18.5 Å². The smallest absolute Gasteiger partial charge is 0.393 e. The number of nitrogens with zero attached hydrogens (tertiary/aromatic N) is 5. The average Bonchev–Trinajstić information content (AvgIpc) is 3.09. The number of halogens is 4. The van der Waals surface area contributed by atoms with E-state index in [9.17, 15) is 18.0 Å². The summed E-state index contributed by atoms with van der Waals surface area (Å²) in [6.45, 7) is 5.06. The van der Waals surface area contributed by atoms with E-state index in [0.29, 0.717) is 60.1 Å². The highest BCUT2D eigenvalue weighted by Gasteiger charge is 2.42. The fourth-order valence-corrected chi connectivity index (χ4v) is 6.07. The number of fused-ring (bicyclic) bond motifs is 1. The van der Waals surface area contributed by atoms with Crippen LogP contribution in [0.15, 0.2) is 67.6 Å². The summed E-state index contributed by atoms with van der Waals surface area (Å²) in [5, 5.41) is 7.21. The predicted octanol–water partition coefficient (Wildman–Crippen LogP) is 7.08. The first-order chi connectivity index (χ1) is 23.1. The number of hydrogen-bond acceptors (Lipinski definition) is 9. The van der Waals surface area contributed by atoms with Gasteiger partial charge in [0.2, 0.25) is 5.91 Å². The van der Waals surface area contributed by atoms with Crippen molar-refractivity contribution >= 4 is 39.8 Å². The van der Waals surface area contributed by atoms with Gasteiger partial charge in [0.1, 0.15) is 41.0 Å². The van der Waals surface area contributed by atoms with Crippen LogP contribution in [0.1, 0.15) is 25.7 Å². The Bertz CT molecular complexity index is 1800. The number of nitrogens with one attached hydrogen (secondary N) is 2. The number of amides is 1. The zero-order valence-corrected chi connectivity index (χ0v) is 26.3. The molecule has 10 nitrogen and oxygen atoms in total. The minimum atomic E-state index is -4.27. The molecule has 2 fully saturated rings. The lowest BCUT2D eigenvalue weighted by Gasteiger charge is -2.34. The standard InChI is InChI=1S/C34H35F4N7O3/c1-3-32(46)44-13-9-22(10-14-44)42-29-17-25-28(18-30(29)47-2)40-20-41-33(25)43-27-7-6-23(15-26(27)35)48-24-8-11-39-31(16-24)45-12-4-5-21(19-45)34(36,37)38/h3,6-8,11,15-18,20-22,42H,1,4-5,9-10,12-14,19H2,2H3,(H,40,41,43)/t21-/m0/s1. The highest BCUT2D eigenvalue weighted by Crippen LogP contribution is 2.37. The van der Waals surface area contributed by atoms with Gasteiger partial charge < -0.3 is 29.9 Å². The molecule has 0 saturated carbocycles. The number of ether oxygens (including phenoxy) is 2. The van der Waals surface area contributed by atoms with Crippen LogP contribution < -0.4 is 25.0 Å². The van der Waals surface area contributed by atoms with E-state index in [2.05, 4.69) is 32.2 Å². The molecule has 2 aromatic carbocycles. The Labute approximate surface area is 274 Å². The van der Waals surface area contributed by atoms with Crippen molar-refractivity contribution in [1.29, 1.82) is 0 Å². The normalized spacial score (nSPS) is 17.2. The van der Waals surface area contributed by atoms with Crippen LogP contribution in [0.4, 0.5) is 40.6 Å². The van der Waals surface area contributed by atoms with Crippen LogP contribution in [0.25, 0.3) is 10.9 Å². The summed E-state index contributed by atoms with van der Waals surface area (Å²) >= 11 is 0. The SMILES string of the molecule is C=CC(=O)N1CCC(Nc2cc3c(Nc4ccc(Oc5ccnc(N6CCC[C@H](C(F)(F)F)C6)c5)cc4F)ncnc3cc2OC)CC1. The molecule has 1 amide bonds. The molecule has 2 aromatic heterocycles. The van der Waals surface area contributed by atoms with Gasteiger partial charge in [0.15, 0.2) is 0 Å². The maximum Gasteiger partial charge on any atom is 0.393 e. The number of methoxy groups -OCH3 is 1. The van der Waals surface area contributed by atoms with E-state index in [4.69, 9.17) is 9.47 Å². The van der Waals surface area contributed by atoms with Gasteiger partial charge in [-0.2, -0.15) is 13.2 Å². The zero-order valence-electron chi connectivity index (χ0n) is 26.3. The Hall–Kier alpha value is -5.14. The van der Waals surface area contributed by atoms with E-state index >= 15 is 4.39 Å². The van der Waals surface area contributed by atoms with Crippen molar-refractivity contribution in [2.45, 2.75) is 37.9 Å². The molecular weight excluding hydrogens is 630 g/mol. The molecule has 4 heterocycles. The Morgan fingerprint density at radius 3 is 2.52 bits per heavy atom. The number of rotatable bonds is 9. The summed E-state index contributed by atoms with van der Waals surface area (Å²) in [7, 11) is 1.57. The summed E-state index contributed by atoms with van der Waals surface area (Å²) in [6, 6.07) is 11.2. The summed E-state index contributed by atoms with van der Waals surface area (Å²) in [5.41, 5.74) is 1.45. The average molecular weight is 666 g/mol. The van der Waals surface area contributed by atoms with E-state index in [1.807, 2.05) is 6.07 Å². The number of carbonyl (C=O) groups is 1. The fourth-order valence-electron chi connectivity index (χ4n) is 6.07. The number of benzene rings is 2. The van der Waals surface area contributed by atoms with Gasteiger partial charge in [-0.15, -0.1) is 0 Å². The number of carbonyl (C=O) groups excluding carboxylic acids is 1. The Kier molecular flexibility index (Phi) is 9.51. The third-order valence-electron chi connectivity index (χ3n) is 8.65. The van der Waals surface area contributed by atoms with Crippen molar-refractivity contribution in [3.05, 3.63) is 73.5 Å². The first-order valence-corrected chi connectivity index (χ1v) is 15.6. The molecule has 6 rings (SSSR count). The van der Waals surface area contributed by atoms with Crippen LogP contribution in [0.2, 0.25) is 0 Å². The van der Waals surface area contributed by atoms with Gasteiger partial charge in [-0.1, -0.05) is 6.58 Å². The van der Waals surface area contributed by atoms with Crippen LogP contribution >= 0.6 is 0 Å². The highest BCUT2D eigenvalue weighted by atomic mass is 19.4. The molecule has 0 spiro atoms. The number of aromatic nitrogens is 3. The fraction of sp³-hybridized carbons (Fsp3) is 0.353. The molecule has 14 heteroatoms. The Morgan fingerprint density at radius 1 is 1.00 bits per heavy atom. The number of likely N-dealkylation sites (tertiary alicyclic amines) is 1. The minimum Gasteiger partial charge on any atom is -0.495 e. The Balaban J connectivity index is 1.16. The molecule has 4 aromatic rings. The molecule has 2 aliphatic rings. The third kappa shape index (κ3) is 7.37. The number of pyridine rings is 1. The van der Waals surface area contributed by atoms with Crippen molar-refractivity contribution in [1.82, 2.24) is 19.9 Å². The van der Waals surface area contributed by atoms with Crippen molar-refractivity contribution in [3.63, 3.8) is 0 Å². The van der Waals surface area contributed by atoms with E-state index < -0.39 is 17.9 Å². The number of anilines is 4. The maximum absolute atomic E-state index is 15.4. The molecule has 0 unspecified atom stereocenters. The topological polar surface area (TPSA) is 105 Å². The van der Waals surface area contributed by atoms with Crippen LogP contribution in [-0.4, -0.2) is 71.3 Å². The summed E-state index contributed by atoms with van der Waals surface area (Å²) in [4.78, 5) is 28.3. The molecule has 2 aliphatic heterocycles. The molecule has 252 valence electrons. The second kappa shape index (κ2) is 13.9. The lowest BCUT2D eigenvalue weighted by atomic mass is 9.97. The van der Waals surface area contributed by atoms with E-state index in [1.165, 1.54) is 30.7 Å². The number of piperidine rings is 2. The van der Waals surface area contributed by atoms with E-state index in [-0.39, 0.29) is 36.4 Å². The first-order valence-electron chi connectivity index (χ1n) is 15.6. The lowest BCUT2D eigenvalue weighted by Crippen LogP contribution is -2.42. The minimum absolute atomic E-state index is 0.0820. The quantitative estimate of drug-likeness (QED) is 0.143. The van der Waals surface area contributed by atoms with Gasteiger partial charge in [0.05, 0.1) is 29.9 Å².